The third kappa shape index (κ3) is 9.59. The molecule has 1 amide bonds. The van der Waals surface area contributed by atoms with Crippen molar-refractivity contribution in [1.82, 2.24) is 4.90 Å². The molecule has 2 unspecified atom stereocenters. The molecule has 1 fully saturated rings. The third-order valence-electron chi connectivity index (χ3n) is 5.53. The Balaban J connectivity index is 2.68. The second-order valence-electron chi connectivity index (χ2n) is 10.3. The fourth-order valence-corrected chi connectivity index (χ4v) is 5.19. The van der Waals surface area contributed by atoms with Crippen molar-refractivity contribution < 1.29 is 23.8 Å². The molecular weight excluding hydrogens is 406 g/mol. The van der Waals surface area contributed by atoms with Gasteiger partial charge in [0.15, 0.2) is 8.32 Å². The van der Waals surface area contributed by atoms with Crippen LogP contribution in [0.3, 0.4) is 0 Å². The van der Waals surface area contributed by atoms with E-state index in [2.05, 4.69) is 33.9 Å². The smallest absolute Gasteiger partial charge is 0.410 e. The van der Waals surface area contributed by atoms with Gasteiger partial charge in [-0.25, -0.2) is 4.79 Å². The first kappa shape index (κ1) is 26.8. The highest BCUT2D eigenvalue weighted by Crippen LogP contribution is 2.39. The summed E-state index contributed by atoms with van der Waals surface area (Å²) in [6.45, 7) is 19.4. The summed E-state index contributed by atoms with van der Waals surface area (Å²) in [6, 6.07) is 0. The maximum Gasteiger partial charge on any atom is 0.410 e. The van der Waals surface area contributed by atoms with Crippen LogP contribution in [0.5, 0.6) is 0 Å². The molecule has 1 N–H and O–H groups in total. The summed E-state index contributed by atoms with van der Waals surface area (Å²) in [6.07, 6.45) is 0.826. The van der Waals surface area contributed by atoms with Crippen LogP contribution in [0.2, 0.25) is 18.1 Å². The van der Waals surface area contributed by atoms with Crippen LogP contribution >= 0.6 is 11.8 Å². The van der Waals surface area contributed by atoms with Crippen molar-refractivity contribution >= 4 is 26.2 Å². The molecule has 8 heteroatoms. The second kappa shape index (κ2) is 11.4. The van der Waals surface area contributed by atoms with E-state index in [1.54, 1.807) is 0 Å². The van der Waals surface area contributed by atoms with Crippen molar-refractivity contribution in [3.63, 3.8) is 0 Å². The molecule has 0 spiro atoms. The Bertz CT molecular complexity index is 504. The molecule has 1 saturated heterocycles. The first-order valence-corrected chi connectivity index (χ1v) is 14.8. The number of amides is 1. The zero-order valence-electron chi connectivity index (χ0n) is 19.7. The van der Waals surface area contributed by atoms with Crippen LogP contribution < -0.4 is 0 Å². The SMILES string of the molecule is CC(C)(C)OC(=O)N1CC(CCSCCOCCO)C(O[Si](C)(C)C(C)(C)C)C1. The monoisotopic (exact) mass is 449 g/mol. The van der Waals surface area contributed by atoms with E-state index in [0.29, 0.717) is 32.2 Å². The summed E-state index contributed by atoms with van der Waals surface area (Å²) >= 11 is 1.85. The quantitative estimate of drug-likeness (QED) is 0.394. The van der Waals surface area contributed by atoms with Gasteiger partial charge in [0.25, 0.3) is 0 Å². The van der Waals surface area contributed by atoms with Gasteiger partial charge in [-0.2, -0.15) is 11.8 Å². The lowest BCUT2D eigenvalue weighted by atomic mass is 10.0. The largest absolute Gasteiger partial charge is 0.444 e. The van der Waals surface area contributed by atoms with Gasteiger partial charge < -0.3 is 23.9 Å². The zero-order chi connectivity index (χ0) is 22.3. The molecule has 6 nitrogen and oxygen atoms in total. The molecule has 0 saturated carbocycles. The average Bonchev–Trinajstić information content (AvgIpc) is 2.94. The van der Waals surface area contributed by atoms with Crippen molar-refractivity contribution in [3.8, 4) is 0 Å². The second-order valence-corrected chi connectivity index (χ2v) is 16.3. The molecule has 0 aliphatic carbocycles. The van der Waals surface area contributed by atoms with Crippen LogP contribution in [0, 0.1) is 5.92 Å². The molecular formula is C21H43NO5SSi. The fraction of sp³-hybridized carbons (Fsp3) is 0.952. The molecule has 2 atom stereocenters. The number of thioether (sulfide) groups is 1. The Morgan fingerprint density at radius 3 is 2.31 bits per heavy atom. The van der Waals surface area contributed by atoms with Gasteiger partial charge in [0.2, 0.25) is 0 Å². The number of hydrogen-bond donors (Lipinski definition) is 1. The van der Waals surface area contributed by atoms with Crippen LogP contribution in [-0.4, -0.2) is 80.5 Å². The Morgan fingerprint density at radius 2 is 1.76 bits per heavy atom. The maximum absolute atomic E-state index is 12.6. The predicted molar refractivity (Wildman–Crippen MR) is 123 cm³/mol. The van der Waals surface area contributed by atoms with Crippen LogP contribution in [0.4, 0.5) is 4.79 Å². The highest BCUT2D eigenvalue weighted by Gasteiger charge is 2.44. The normalized spacial score (nSPS) is 20.9. The molecule has 0 radical (unpaired) electrons. The number of aliphatic hydroxyl groups is 1. The Labute approximate surface area is 183 Å². The van der Waals surface area contributed by atoms with E-state index in [1.165, 1.54) is 0 Å². The van der Waals surface area contributed by atoms with Crippen LogP contribution in [0.1, 0.15) is 48.0 Å². The number of rotatable bonds is 10. The van der Waals surface area contributed by atoms with Crippen LogP contribution in [-0.2, 0) is 13.9 Å². The lowest BCUT2D eigenvalue weighted by molar-refractivity contribution is 0.0272. The molecule has 0 aromatic carbocycles. The lowest BCUT2D eigenvalue weighted by Crippen LogP contribution is -2.46. The Morgan fingerprint density at radius 1 is 1.10 bits per heavy atom. The van der Waals surface area contributed by atoms with Gasteiger partial charge in [-0.15, -0.1) is 0 Å². The van der Waals surface area contributed by atoms with Gasteiger partial charge in [-0.05, 0) is 51.1 Å². The first-order chi connectivity index (χ1) is 13.3. The van der Waals surface area contributed by atoms with E-state index in [4.69, 9.17) is 19.0 Å². The van der Waals surface area contributed by atoms with Crippen molar-refractivity contribution in [2.45, 2.75) is 77.8 Å². The molecule has 0 aromatic rings. The summed E-state index contributed by atoms with van der Waals surface area (Å²) in [5.74, 6) is 2.24. The minimum absolute atomic E-state index is 0.0645. The zero-order valence-corrected chi connectivity index (χ0v) is 21.6. The first-order valence-electron chi connectivity index (χ1n) is 10.7. The maximum atomic E-state index is 12.6. The van der Waals surface area contributed by atoms with E-state index in [1.807, 2.05) is 37.4 Å². The Hall–Kier alpha value is -0.283. The molecule has 0 aromatic heterocycles. The predicted octanol–water partition coefficient (Wildman–Crippen LogP) is 4.38. The minimum Gasteiger partial charge on any atom is -0.444 e. The fourth-order valence-electron chi connectivity index (χ4n) is 2.90. The highest BCUT2D eigenvalue weighted by atomic mass is 32.2. The summed E-state index contributed by atoms with van der Waals surface area (Å²) in [4.78, 5) is 14.4. The highest BCUT2D eigenvalue weighted by molar-refractivity contribution is 7.99. The molecule has 1 heterocycles. The van der Waals surface area contributed by atoms with E-state index >= 15 is 0 Å². The third-order valence-corrected chi connectivity index (χ3v) is 11.0. The van der Waals surface area contributed by atoms with Gasteiger partial charge in [0, 0.05) is 24.8 Å². The topological polar surface area (TPSA) is 68.2 Å². The summed E-state index contributed by atoms with van der Waals surface area (Å²) < 4.78 is 17.6. The van der Waals surface area contributed by atoms with Gasteiger partial charge >= 0.3 is 6.09 Å². The molecule has 1 rings (SSSR count). The van der Waals surface area contributed by atoms with Crippen molar-refractivity contribution in [1.29, 1.82) is 0 Å². The van der Waals surface area contributed by atoms with Crippen molar-refractivity contribution in [2.75, 3.05) is 44.4 Å². The average molecular weight is 450 g/mol. The van der Waals surface area contributed by atoms with Crippen molar-refractivity contribution in [2.24, 2.45) is 5.92 Å². The van der Waals surface area contributed by atoms with Crippen molar-refractivity contribution in [3.05, 3.63) is 0 Å². The van der Waals surface area contributed by atoms with E-state index in [-0.39, 0.29) is 23.8 Å². The minimum atomic E-state index is -1.92. The van der Waals surface area contributed by atoms with Gasteiger partial charge in [-0.1, -0.05) is 20.8 Å². The number of likely N-dealkylation sites (tertiary alicyclic amines) is 1. The van der Waals surface area contributed by atoms with Gasteiger partial charge in [0.05, 0.1) is 25.9 Å². The van der Waals surface area contributed by atoms with Crippen LogP contribution in [0.25, 0.3) is 0 Å². The summed E-state index contributed by atoms with van der Waals surface area (Å²) in [5.41, 5.74) is -0.491. The number of ether oxygens (including phenoxy) is 2. The molecule has 0 bridgehead atoms. The van der Waals surface area contributed by atoms with E-state index in [0.717, 1.165) is 17.9 Å². The van der Waals surface area contributed by atoms with Crippen LogP contribution in [0.15, 0.2) is 0 Å². The molecule has 29 heavy (non-hydrogen) atoms. The summed E-state index contributed by atoms with van der Waals surface area (Å²) in [7, 11) is -1.92. The van der Waals surface area contributed by atoms with E-state index in [9.17, 15) is 4.79 Å². The van der Waals surface area contributed by atoms with Gasteiger partial charge in [-0.3, -0.25) is 0 Å². The number of carbonyl (C=O) groups excluding carboxylic acids is 1. The number of carbonyl (C=O) groups is 1. The van der Waals surface area contributed by atoms with Gasteiger partial charge in [0.1, 0.15) is 5.60 Å². The lowest BCUT2D eigenvalue weighted by Gasteiger charge is -2.39. The Kier molecular flexibility index (Phi) is 10.5. The molecule has 172 valence electrons. The molecule has 1 aliphatic heterocycles. The summed E-state index contributed by atoms with van der Waals surface area (Å²) in [5, 5.41) is 8.88. The number of aliphatic hydroxyl groups excluding tert-OH is 1. The number of hydrogen-bond acceptors (Lipinski definition) is 6. The van der Waals surface area contributed by atoms with E-state index < -0.39 is 13.9 Å². The number of nitrogens with zero attached hydrogens (tertiary/aromatic N) is 1. The standard InChI is InChI=1S/C21H43NO5SSi/c1-20(2,3)26-19(24)22-15-17(9-13-28-14-12-25-11-10-23)18(16-22)27-29(7,8)21(4,5)6/h17-18,23H,9-16H2,1-8H3. The molecule has 1 aliphatic rings.